The van der Waals surface area contributed by atoms with E-state index in [9.17, 15) is 4.39 Å². The summed E-state index contributed by atoms with van der Waals surface area (Å²) >= 11 is 3.21. The molecule has 0 saturated carbocycles. The average molecular weight is 177 g/mol. The van der Waals surface area contributed by atoms with Gasteiger partial charge >= 0.3 is 0 Å². The molecule has 0 saturated heterocycles. The van der Waals surface area contributed by atoms with Crippen LogP contribution in [0.1, 0.15) is 12.8 Å². The largest absolute Gasteiger partial charge is 0.207 e. The Bertz CT molecular complexity index is 147. The summed E-state index contributed by atoms with van der Waals surface area (Å²) < 4.78 is 13.1. The van der Waals surface area contributed by atoms with Crippen LogP contribution in [0.25, 0.3) is 0 Å². The smallest absolute Gasteiger partial charge is 0.120 e. The minimum atomic E-state index is -0.122. The second-order valence-electron chi connectivity index (χ2n) is 1.72. The lowest BCUT2D eigenvalue weighted by Crippen LogP contribution is -1.80. The zero-order valence-electron chi connectivity index (χ0n) is 4.32. The van der Waals surface area contributed by atoms with Crippen LogP contribution in [0.2, 0.25) is 0 Å². The standard InChI is InChI=1S/C6H6BrF/c7-5-2-1-3-6(8)4-5/h3-4H,1-2H2. The molecule has 0 heterocycles. The zero-order chi connectivity index (χ0) is 5.98. The molecule has 44 valence electrons. The van der Waals surface area contributed by atoms with Gasteiger partial charge in [0.15, 0.2) is 0 Å². The Balaban J connectivity index is 2.69. The van der Waals surface area contributed by atoms with Crippen LogP contribution < -0.4 is 0 Å². The molecule has 0 bridgehead atoms. The van der Waals surface area contributed by atoms with Crippen LogP contribution in [-0.4, -0.2) is 0 Å². The van der Waals surface area contributed by atoms with Crippen LogP contribution >= 0.6 is 15.9 Å². The minimum Gasteiger partial charge on any atom is -0.207 e. The number of halogens is 2. The van der Waals surface area contributed by atoms with Crippen LogP contribution in [0.3, 0.4) is 0 Å². The summed E-state index contributed by atoms with van der Waals surface area (Å²) in [5.74, 6) is -0.122. The average Bonchev–Trinajstić information content (AvgIpc) is 1.64. The van der Waals surface area contributed by atoms with E-state index in [0.29, 0.717) is 0 Å². The summed E-state index contributed by atoms with van der Waals surface area (Å²) in [6.45, 7) is 0. The molecule has 8 heavy (non-hydrogen) atoms. The Morgan fingerprint density at radius 1 is 1.62 bits per heavy atom. The molecule has 0 atom stereocenters. The number of rotatable bonds is 0. The second kappa shape index (κ2) is 2.44. The van der Waals surface area contributed by atoms with E-state index in [1.807, 2.05) is 0 Å². The van der Waals surface area contributed by atoms with Crippen LogP contribution in [0, 0.1) is 0 Å². The summed E-state index contributed by atoms with van der Waals surface area (Å²) in [6.07, 6.45) is 4.85. The molecule has 0 N–H and O–H groups in total. The fraction of sp³-hybridized carbons (Fsp3) is 0.333. The van der Waals surface area contributed by atoms with Gasteiger partial charge < -0.3 is 0 Å². The monoisotopic (exact) mass is 176 g/mol. The fourth-order valence-electron chi connectivity index (χ4n) is 0.629. The highest BCUT2D eigenvalue weighted by Crippen LogP contribution is 2.21. The van der Waals surface area contributed by atoms with Crippen molar-refractivity contribution in [3.05, 3.63) is 22.5 Å². The van der Waals surface area contributed by atoms with Crippen LogP contribution in [-0.2, 0) is 0 Å². The third kappa shape index (κ3) is 1.44. The first-order valence-corrected chi connectivity index (χ1v) is 3.30. The van der Waals surface area contributed by atoms with Crippen molar-refractivity contribution in [3.8, 4) is 0 Å². The summed E-state index contributed by atoms with van der Waals surface area (Å²) in [5, 5.41) is 0. The molecule has 1 aliphatic rings. The van der Waals surface area contributed by atoms with Gasteiger partial charge in [0.05, 0.1) is 0 Å². The molecule has 0 amide bonds. The van der Waals surface area contributed by atoms with E-state index in [4.69, 9.17) is 0 Å². The molecule has 0 aliphatic heterocycles. The Hall–Kier alpha value is -0.110. The molecule has 0 unspecified atom stereocenters. The van der Waals surface area contributed by atoms with Crippen molar-refractivity contribution >= 4 is 15.9 Å². The van der Waals surface area contributed by atoms with E-state index >= 15 is 0 Å². The lowest BCUT2D eigenvalue weighted by Gasteiger charge is -2.00. The molecular formula is C6H6BrF. The fourth-order valence-corrected chi connectivity index (χ4v) is 1.08. The minimum absolute atomic E-state index is 0.122. The first kappa shape index (κ1) is 6.02. The van der Waals surface area contributed by atoms with E-state index < -0.39 is 0 Å². The molecular weight excluding hydrogens is 171 g/mol. The van der Waals surface area contributed by atoms with Gasteiger partial charge in [0, 0.05) is 0 Å². The Morgan fingerprint density at radius 3 is 2.75 bits per heavy atom. The summed E-state index contributed by atoms with van der Waals surface area (Å²) in [6, 6.07) is 0. The number of hydrogen-bond donors (Lipinski definition) is 0. The van der Waals surface area contributed by atoms with Crippen molar-refractivity contribution in [1.29, 1.82) is 0 Å². The molecule has 0 nitrogen and oxygen atoms in total. The van der Waals surface area contributed by atoms with Crippen molar-refractivity contribution in [2.24, 2.45) is 0 Å². The molecule has 1 rings (SSSR count). The molecule has 0 spiro atoms. The maximum atomic E-state index is 12.2. The van der Waals surface area contributed by atoms with E-state index in [-0.39, 0.29) is 5.83 Å². The van der Waals surface area contributed by atoms with Gasteiger partial charge in [0.1, 0.15) is 5.83 Å². The third-order valence-corrected chi connectivity index (χ3v) is 1.64. The van der Waals surface area contributed by atoms with Crippen LogP contribution in [0.5, 0.6) is 0 Å². The SMILES string of the molecule is FC1=CCCC(Br)=C1. The van der Waals surface area contributed by atoms with Gasteiger partial charge in [-0.25, -0.2) is 4.39 Å². The van der Waals surface area contributed by atoms with Gasteiger partial charge in [-0.2, -0.15) is 0 Å². The van der Waals surface area contributed by atoms with E-state index in [0.717, 1.165) is 17.3 Å². The Kier molecular flexibility index (Phi) is 1.84. The molecule has 2 heteroatoms. The van der Waals surface area contributed by atoms with Crippen molar-refractivity contribution in [1.82, 2.24) is 0 Å². The van der Waals surface area contributed by atoms with Gasteiger partial charge in [-0.3, -0.25) is 0 Å². The van der Waals surface area contributed by atoms with Crippen molar-refractivity contribution < 1.29 is 4.39 Å². The van der Waals surface area contributed by atoms with E-state index in [1.54, 1.807) is 6.08 Å². The molecule has 0 aromatic rings. The van der Waals surface area contributed by atoms with Crippen molar-refractivity contribution in [2.45, 2.75) is 12.8 Å². The topological polar surface area (TPSA) is 0 Å². The van der Waals surface area contributed by atoms with E-state index in [2.05, 4.69) is 15.9 Å². The number of allylic oxidation sites excluding steroid dienone is 4. The van der Waals surface area contributed by atoms with Gasteiger partial charge in [-0.1, -0.05) is 15.9 Å². The maximum absolute atomic E-state index is 12.2. The van der Waals surface area contributed by atoms with E-state index in [1.165, 1.54) is 6.08 Å². The Morgan fingerprint density at radius 2 is 2.38 bits per heavy atom. The Labute approximate surface area is 56.2 Å². The maximum Gasteiger partial charge on any atom is 0.120 e. The van der Waals surface area contributed by atoms with Crippen LogP contribution in [0.15, 0.2) is 22.5 Å². The van der Waals surface area contributed by atoms with Gasteiger partial charge in [-0.15, -0.1) is 0 Å². The van der Waals surface area contributed by atoms with Crippen molar-refractivity contribution in [2.75, 3.05) is 0 Å². The molecule has 0 aromatic heterocycles. The highest BCUT2D eigenvalue weighted by Gasteiger charge is 1.99. The molecule has 0 radical (unpaired) electrons. The summed E-state index contributed by atoms with van der Waals surface area (Å²) in [4.78, 5) is 0. The lowest BCUT2D eigenvalue weighted by atomic mass is 10.2. The highest BCUT2D eigenvalue weighted by atomic mass is 79.9. The zero-order valence-corrected chi connectivity index (χ0v) is 5.91. The van der Waals surface area contributed by atoms with Crippen LogP contribution in [0.4, 0.5) is 4.39 Å². The quantitative estimate of drug-likeness (QED) is 0.533. The third-order valence-electron chi connectivity index (χ3n) is 1.02. The summed E-state index contributed by atoms with van der Waals surface area (Å²) in [7, 11) is 0. The predicted octanol–water partition coefficient (Wildman–Crippen LogP) is 2.91. The molecule has 0 fully saturated rings. The van der Waals surface area contributed by atoms with Crippen molar-refractivity contribution in [3.63, 3.8) is 0 Å². The number of hydrogen-bond acceptors (Lipinski definition) is 0. The lowest BCUT2D eigenvalue weighted by molar-refractivity contribution is 0.652. The normalized spacial score (nSPS) is 19.8. The molecule has 0 aromatic carbocycles. The molecule has 1 aliphatic carbocycles. The second-order valence-corrected chi connectivity index (χ2v) is 2.74. The summed E-state index contributed by atoms with van der Waals surface area (Å²) in [5.41, 5.74) is 0. The van der Waals surface area contributed by atoms with Gasteiger partial charge in [0.25, 0.3) is 0 Å². The van der Waals surface area contributed by atoms with Gasteiger partial charge in [0.2, 0.25) is 0 Å². The van der Waals surface area contributed by atoms with Gasteiger partial charge in [-0.05, 0) is 29.5 Å². The first-order chi connectivity index (χ1) is 3.79. The highest BCUT2D eigenvalue weighted by molar-refractivity contribution is 9.11. The predicted molar refractivity (Wildman–Crippen MR) is 35.4 cm³/mol. The first-order valence-electron chi connectivity index (χ1n) is 2.51.